The molecule has 0 aliphatic rings. The van der Waals surface area contributed by atoms with Crippen molar-refractivity contribution in [2.45, 2.75) is 84.5 Å². The summed E-state index contributed by atoms with van der Waals surface area (Å²) in [5.41, 5.74) is 3.52. The van der Waals surface area contributed by atoms with Crippen molar-refractivity contribution >= 4 is 11.9 Å². The molecule has 2 aromatic rings. The first kappa shape index (κ1) is 23.2. The van der Waals surface area contributed by atoms with Crippen LogP contribution in [0.5, 0.6) is 5.75 Å². The summed E-state index contributed by atoms with van der Waals surface area (Å²) in [7, 11) is 0. The second-order valence-electron chi connectivity index (χ2n) is 7.92. The molecule has 2 aromatic carbocycles. The maximum Gasteiger partial charge on any atom is 0.119 e. The second kappa shape index (κ2) is 14.8. The SMILES string of the molecule is CCCCCCCCOc1ccc(N=Cc2ccc(CCCCCC)cc2)cc1. The molecule has 0 bridgehead atoms. The maximum atomic E-state index is 5.84. The highest BCUT2D eigenvalue weighted by Crippen LogP contribution is 2.19. The second-order valence-corrected chi connectivity index (χ2v) is 7.92. The number of aryl methyl sites for hydroxylation is 1. The van der Waals surface area contributed by atoms with Crippen LogP contribution in [0.2, 0.25) is 0 Å². The van der Waals surface area contributed by atoms with Crippen molar-refractivity contribution in [2.24, 2.45) is 4.99 Å². The van der Waals surface area contributed by atoms with Crippen molar-refractivity contribution < 1.29 is 4.74 Å². The molecule has 0 atom stereocenters. The van der Waals surface area contributed by atoms with Crippen LogP contribution in [-0.2, 0) is 6.42 Å². The number of nitrogens with zero attached hydrogens (tertiary/aromatic N) is 1. The molecule has 0 aliphatic heterocycles. The minimum atomic E-state index is 0.805. The lowest BCUT2D eigenvalue weighted by atomic mass is 10.0. The van der Waals surface area contributed by atoms with Gasteiger partial charge in [0, 0.05) is 6.21 Å². The number of unbranched alkanes of at least 4 members (excludes halogenated alkanes) is 8. The normalized spacial score (nSPS) is 11.2. The molecule has 0 aromatic heterocycles. The summed E-state index contributed by atoms with van der Waals surface area (Å²) >= 11 is 0. The Balaban J connectivity index is 1.69. The lowest BCUT2D eigenvalue weighted by molar-refractivity contribution is 0.304. The molecule has 0 heterocycles. The molecule has 0 radical (unpaired) electrons. The molecule has 158 valence electrons. The van der Waals surface area contributed by atoms with Gasteiger partial charge in [-0.15, -0.1) is 0 Å². The Kier molecular flexibility index (Phi) is 11.9. The molecule has 0 amide bonds. The van der Waals surface area contributed by atoms with E-state index in [0.29, 0.717) is 0 Å². The lowest BCUT2D eigenvalue weighted by Gasteiger charge is -2.06. The number of ether oxygens (including phenoxy) is 1. The minimum Gasteiger partial charge on any atom is -0.494 e. The Morgan fingerprint density at radius 2 is 1.31 bits per heavy atom. The van der Waals surface area contributed by atoms with Crippen molar-refractivity contribution in [3.05, 3.63) is 59.7 Å². The Morgan fingerprint density at radius 1 is 0.690 bits per heavy atom. The van der Waals surface area contributed by atoms with Crippen LogP contribution in [0, 0.1) is 0 Å². The van der Waals surface area contributed by atoms with Crippen molar-refractivity contribution in [3.63, 3.8) is 0 Å². The van der Waals surface area contributed by atoms with Gasteiger partial charge >= 0.3 is 0 Å². The standard InChI is InChI=1S/C27H39NO/c1-3-5-7-9-10-12-22-29-27-20-18-26(19-21-27)28-23-25-16-14-24(15-17-25)13-11-8-6-4-2/h14-21,23H,3-13,22H2,1-2H3. The molecule has 0 unspecified atom stereocenters. The van der Waals surface area contributed by atoms with E-state index in [9.17, 15) is 0 Å². The van der Waals surface area contributed by atoms with Crippen LogP contribution in [0.3, 0.4) is 0 Å². The molecule has 2 nitrogen and oxygen atoms in total. The maximum absolute atomic E-state index is 5.84. The molecule has 2 rings (SSSR count). The highest BCUT2D eigenvalue weighted by atomic mass is 16.5. The lowest BCUT2D eigenvalue weighted by Crippen LogP contribution is -1.96. The third kappa shape index (κ3) is 10.3. The van der Waals surface area contributed by atoms with Gasteiger partial charge in [0.1, 0.15) is 5.75 Å². The predicted octanol–water partition coefficient (Wildman–Crippen LogP) is 8.30. The van der Waals surface area contributed by atoms with Gasteiger partial charge in [-0.25, -0.2) is 0 Å². The van der Waals surface area contributed by atoms with Gasteiger partial charge in [0.15, 0.2) is 0 Å². The topological polar surface area (TPSA) is 21.6 Å². The Labute approximate surface area is 178 Å². The number of hydrogen-bond donors (Lipinski definition) is 0. The first-order valence-electron chi connectivity index (χ1n) is 11.7. The summed E-state index contributed by atoms with van der Waals surface area (Å²) in [4.78, 5) is 4.59. The van der Waals surface area contributed by atoms with E-state index in [4.69, 9.17) is 4.74 Å². The van der Waals surface area contributed by atoms with Gasteiger partial charge in [-0.05, 0) is 54.7 Å². The first-order valence-corrected chi connectivity index (χ1v) is 11.7. The summed E-state index contributed by atoms with van der Waals surface area (Å²) in [5.74, 6) is 0.935. The summed E-state index contributed by atoms with van der Waals surface area (Å²) in [6, 6.07) is 16.9. The highest BCUT2D eigenvalue weighted by Gasteiger charge is 1.97. The number of aliphatic imine (C=N–C) groups is 1. The van der Waals surface area contributed by atoms with E-state index in [2.05, 4.69) is 43.1 Å². The molecule has 2 heteroatoms. The molecule has 29 heavy (non-hydrogen) atoms. The molecule has 0 spiro atoms. The van der Waals surface area contributed by atoms with E-state index in [1.807, 2.05) is 30.5 Å². The quantitative estimate of drug-likeness (QED) is 0.220. The van der Waals surface area contributed by atoms with E-state index in [1.165, 1.54) is 69.8 Å². The van der Waals surface area contributed by atoms with Crippen LogP contribution in [0.1, 0.15) is 89.2 Å². The van der Waals surface area contributed by atoms with Gasteiger partial charge in [-0.3, -0.25) is 4.99 Å². The molecule has 0 saturated carbocycles. The predicted molar refractivity (Wildman–Crippen MR) is 127 cm³/mol. The van der Waals surface area contributed by atoms with Gasteiger partial charge in [-0.2, -0.15) is 0 Å². The smallest absolute Gasteiger partial charge is 0.119 e. The molecule has 0 N–H and O–H groups in total. The van der Waals surface area contributed by atoms with E-state index >= 15 is 0 Å². The van der Waals surface area contributed by atoms with Crippen LogP contribution in [0.15, 0.2) is 53.5 Å². The van der Waals surface area contributed by atoms with Gasteiger partial charge in [0.05, 0.1) is 12.3 Å². The van der Waals surface area contributed by atoms with Crippen molar-refractivity contribution in [1.29, 1.82) is 0 Å². The Hall–Kier alpha value is -2.09. The first-order chi connectivity index (χ1) is 14.3. The Morgan fingerprint density at radius 3 is 2.00 bits per heavy atom. The summed E-state index contributed by atoms with van der Waals surface area (Å²) < 4.78 is 5.84. The zero-order valence-electron chi connectivity index (χ0n) is 18.5. The number of benzene rings is 2. The van der Waals surface area contributed by atoms with Crippen LogP contribution >= 0.6 is 0 Å². The van der Waals surface area contributed by atoms with Crippen LogP contribution in [0.4, 0.5) is 5.69 Å². The van der Waals surface area contributed by atoms with Gasteiger partial charge in [0.25, 0.3) is 0 Å². The molecule has 0 aliphatic carbocycles. The average molecular weight is 394 g/mol. The molecule has 0 fully saturated rings. The van der Waals surface area contributed by atoms with Gasteiger partial charge < -0.3 is 4.74 Å². The van der Waals surface area contributed by atoms with E-state index in [1.54, 1.807) is 0 Å². The molecular formula is C27H39NO. The number of hydrogen-bond acceptors (Lipinski definition) is 2. The van der Waals surface area contributed by atoms with E-state index in [-0.39, 0.29) is 0 Å². The van der Waals surface area contributed by atoms with Gasteiger partial charge in [-0.1, -0.05) is 89.5 Å². The summed E-state index contributed by atoms with van der Waals surface area (Å²) in [6.45, 7) is 5.31. The van der Waals surface area contributed by atoms with Crippen molar-refractivity contribution in [2.75, 3.05) is 6.61 Å². The monoisotopic (exact) mass is 393 g/mol. The van der Waals surface area contributed by atoms with E-state index < -0.39 is 0 Å². The fraction of sp³-hybridized carbons (Fsp3) is 0.519. The Bertz CT molecular complexity index is 673. The third-order valence-electron chi connectivity index (χ3n) is 5.26. The largest absolute Gasteiger partial charge is 0.494 e. The average Bonchev–Trinajstić information content (AvgIpc) is 2.76. The summed E-state index contributed by atoms with van der Waals surface area (Å²) in [5, 5.41) is 0. The fourth-order valence-corrected chi connectivity index (χ4v) is 3.38. The van der Waals surface area contributed by atoms with Crippen LogP contribution < -0.4 is 4.74 Å². The van der Waals surface area contributed by atoms with Gasteiger partial charge in [0.2, 0.25) is 0 Å². The zero-order valence-corrected chi connectivity index (χ0v) is 18.5. The number of rotatable bonds is 15. The highest BCUT2D eigenvalue weighted by molar-refractivity contribution is 5.81. The van der Waals surface area contributed by atoms with Crippen molar-refractivity contribution in [3.8, 4) is 5.75 Å². The van der Waals surface area contributed by atoms with Crippen molar-refractivity contribution in [1.82, 2.24) is 0 Å². The molecule has 0 saturated heterocycles. The van der Waals surface area contributed by atoms with E-state index in [0.717, 1.165) is 30.0 Å². The minimum absolute atomic E-state index is 0.805. The van der Waals surface area contributed by atoms with Crippen LogP contribution in [-0.4, -0.2) is 12.8 Å². The zero-order chi connectivity index (χ0) is 20.6. The summed E-state index contributed by atoms with van der Waals surface area (Å²) in [6.07, 6.45) is 16.1. The fourth-order valence-electron chi connectivity index (χ4n) is 3.38. The molecular weight excluding hydrogens is 354 g/mol. The van der Waals surface area contributed by atoms with Crippen LogP contribution in [0.25, 0.3) is 0 Å². The third-order valence-corrected chi connectivity index (χ3v) is 5.26.